The first-order valence-corrected chi connectivity index (χ1v) is 9.53. The Kier molecular flexibility index (Phi) is 6.78. The van der Waals surface area contributed by atoms with Gasteiger partial charge in [0, 0.05) is 12.7 Å². The Morgan fingerprint density at radius 1 is 1.18 bits per heavy atom. The third-order valence-corrected chi connectivity index (χ3v) is 4.73. The van der Waals surface area contributed by atoms with Crippen molar-refractivity contribution >= 4 is 23.3 Å². The molecular weight excluding hydrogens is 354 g/mol. The molecule has 0 saturated heterocycles. The van der Waals surface area contributed by atoms with Crippen molar-refractivity contribution in [2.45, 2.75) is 32.1 Å². The van der Waals surface area contributed by atoms with Crippen LogP contribution in [0.1, 0.15) is 52.8 Å². The minimum absolute atomic E-state index is 0.159. The quantitative estimate of drug-likeness (QED) is 0.556. The van der Waals surface area contributed by atoms with Gasteiger partial charge in [-0.2, -0.15) is 0 Å². The Hall–Kier alpha value is -3.15. The van der Waals surface area contributed by atoms with Crippen LogP contribution in [0.5, 0.6) is 0 Å². The Morgan fingerprint density at radius 2 is 2.04 bits per heavy atom. The number of aromatic nitrogens is 1. The van der Waals surface area contributed by atoms with Gasteiger partial charge in [0.05, 0.1) is 35.8 Å². The molecule has 0 atom stereocenters. The molecule has 0 aliphatic heterocycles. The summed E-state index contributed by atoms with van der Waals surface area (Å²) in [5.41, 5.74) is 3.54. The first kappa shape index (κ1) is 19.6. The second-order valence-electron chi connectivity index (χ2n) is 6.74. The highest BCUT2D eigenvalue weighted by Crippen LogP contribution is 2.22. The van der Waals surface area contributed by atoms with Crippen molar-refractivity contribution in [2.24, 2.45) is 0 Å². The molecule has 146 valence electrons. The number of hydrogen-bond donors (Lipinski definition) is 2. The van der Waals surface area contributed by atoms with Gasteiger partial charge in [-0.3, -0.25) is 9.78 Å². The van der Waals surface area contributed by atoms with E-state index in [1.807, 2.05) is 6.07 Å². The number of allylic oxidation sites excluding steroid dienone is 1. The molecule has 0 fully saturated rings. The summed E-state index contributed by atoms with van der Waals surface area (Å²) in [6.07, 6.45) is 11.1. The largest absolute Gasteiger partial charge is 0.465 e. The molecule has 6 heteroatoms. The van der Waals surface area contributed by atoms with E-state index >= 15 is 0 Å². The second-order valence-corrected chi connectivity index (χ2v) is 6.74. The third kappa shape index (κ3) is 5.19. The molecule has 1 aliphatic carbocycles. The molecule has 6 nitrogen and oxygen atoms in total. The van der Waals surface area contributed by atoms with Crippen LogP contribution < -0.4 is 10.6 Å². The van der Waals surface area contributed by atoms with E-state index in [4.69, 9.17) is 4.74 Å². The highest BCUT2D eigenvalue weighted by Gasteiger charge is 2.12. The van der Waals surface area contributed by atoms with E-state index in [9.17, 15) is 9.59 Å². The van der Waals surface area contributed by atoms with Crippen molar-refractivity contribution in [3.8, 4) is 0 Å². The number of esters is 1. The van der Waals surface area contributed by atoms with Crippen molar-refractivity contribution < 1.29 is 14.3 Å². The number of rotatable bonds is 7. The third-order valence-electron chi connectivity index (χ3n) is 4.73. The number of amides is 1. The minimum Gasteiger partial charge on any atom is -0.465 e. The average molecular weight is 379 g/mol. The predicted octanol–water partition coefficient (Wildman–Crippen LogP) is 4.23. The number of carbonyl (C=O) groups excluding carboxylic acids is 2. The molecule has 1 amide bonds. The number of methoxy groups -OCH3 is 1. The standard InChI is InChI=1S/C22H25N3O3/c1-28-22(27)19-9-5-6-10-20(19)25-18-13-17(14-23-15-18)21(26)24-12-11-16-7-3-2-4-8-16/h5-7,9-10,13-15,25H,2-4,8,11-12H2,1H3,(H,24,26). The minimum atomic E-state index is -0.429. The van der Waals surface area contributed by atoms with Crippen LogP contribution in [0.2, 0.25) is 0 Å². The predicted molar refractivity (Wildman–Crippen MR) is 109 cm³/mol. The number of benzene rings is 1. The summed E-state index contributed by atoms with van der Waals surface area (Å²) in [6.45, 7) is 0.619. The maximum atomic E-state index is 12.4. The summed E-state index contributed by atoms with van der Waals surface area (Å²) >= 11 is 0. The van der Waals surface area contributed by atoms with E-state index in [1.165, 1.54) is 31.7 Å². The molecule has 3 rings (SSSR count). The van der Waals surface area contributed by atoms with Crippen LogP contribution in [0.3, 0.4) is 0 Å². The molecule has 0 saturated carbocycles. The number of anilines is 2. The van der Waals surface area contributed by atoms with Gasteiger partial charge in [0.15, 0.2) is 0 Å². The van der Waals surface area contributed by atoms with Crippen LogP contribution in [-0.2, 0) is 4.74 Å². The fourth-order valence-electron chi connectivity index (χ4n) is 3.24. The van der Waals surface area contributed by atoms with Crippen LogP contribution in [0.4, 0.5) is 11.4 Å². The Bertz CT molecular complexity index is 877. The number of pyridine rings is 1. The van der Waals surface area contributed by atoms with Gasteiger partial charge in [-0.05, 0) is 50.3 Å². The van der Waals surface area contributed by atoms with Gasteiger partial charge in [-0.25, -0.2) is 4.79 Å². The highest BCUT2D eigenvalue weighted by molar-refractivity contribution is 5.97. The molecular formula is C22H25N3O3. The van der Waals surface area contributed by atoms with E-state index in [-0.39, 0.29) is 5.91 Å². The van der Waals surface area contributed by atoms with Crippen molar-refractivity contribution in [3.05, 3.63) is 65.5 Å². The zero-order chi connectivity index (χ0) is 19.8. The fourth-order valence-corrected chi connectivity index (χ4v) is 3.24. The van der Waals surface area contributed by atoms with Crippen LogP contribution in [0, 0.1) is 0 Å². The van der Waals surface area contributed by atoms with E-state index in [0.29, 0.717) is 29.0 Å². The highest BCUT2D eigenvalue weighted by atomic mass is 16.5. The number of hydrogen-bond acceptors (Lipinski definition) is 5. The monoisotopic (exact) mass is 379 g/mol. The number of carbonyl (C=O) groups is 2. The molecule has 0 unspecified atom stereocenters. The normalized spacial score (nSPS) is 13.4. The molecule has 2 aromatic rings. The van der Waals surface area contributed by atoms with Gasteiger partial charge in [0.1, 0.15) is 0 Å². The molecule has 0 radical (unpaired) electrons. The van der Waals surface area contributed by atoms with Crippen LogP contribution in [-0.4, -0.2) is 30.5 Å². The summed E-state index contributed by atoms with van der Waals surface area (Å²) in [5.74, 6) is -0.587. The van der Waals surface area contributed by atoms with E-state index in [1.54, 1.807) is 30.5 Å². The Balaban J connectivity index is 1.63. The molecule has 1 aromatic carbocycles. The SMILES string of the molecule is COC(=O)c1ccccc1Nc1cncc(C(=O)NCCC2=CCCCC2)c1. The van der Waals surface area contributed by atoms with Crippen molar-refractivity contribution in [1.82, 2.24) is 10.3 Å². The maximum Gasteiger partial charge on any atom is 0.339 e. The first-order valence-electron chi connectivity index (χ1n) is 9.53. The lowest BCUT2D eigenvalue weighted by molar-refractivity contribution is 0.0601. The van der Waals surface area contributed by atoms with Gasteiger partial charge in [0.2, 0.25) is 0 Å². The number of ether oxygens (including phenoxy) is 1. The number of para-hydroxylation sites is 1. The summed E-state index contributed by atoms with van der Waals surface area (Å²) in [7, 11) is 1.34. The van der Waals surface area contributed by atoms with Gasteiger partial charge in [-0.15, -0.1) is 0 Å². The number of nitrogens with one attached hydrogen (secondary N) is 2. The lowest BCUT2D eigenvalue weighted by Gasteiger charge is -2.13. The Labute approximate surface area is 165 Å². The zero-order valence-electron chi connectivity index (χ0n) is 16.0. The van der Waals surface area contributed by atoms with Gasteiger partial charge in [-0.1, -0.05) is 23.8 Å². The van der Waals surface area contributed by atoms with E-state index in [2.05, 4.69) is 21.7 Å². The topological polar surface area (TPSA) is 80.3 Å². The molecule has 0 bridgehead atoms. The average Bonchev–Trinajstić information content (AvgIpc) is 2.74. The van der Waals surface area contributed by atoms with Gasteiger partial charge >= 0.3 is 5.97 Å². The van der Waals surface area contributed by atoms with Gasteiger partial charge in [0.25, 0.3) is 5.91 Å². The molecule has 2 N–H and O–H groups in total. The summed E-state index contributed by atoms with van der Waals surface area (Å²) < 4.78 is 4.81. The molecule has 1 heterocycles. The lowest BCUT2D eigenvalue weighted by atomic mass is 9.97. The van der Waals surface area contributed by atoms with Crippen molar-refractivity contribution in [3.63, 3.8) is 0 Å². The number of nitrogens with zero attached hydrogens (tertiary/aromatic N) is 1. The first-order chi connectivity index (χ1) is 13.7. The van der Waals surface area contributed by atoms with Crippen LogP contribution in [0.15, 0.2) is 54.4 Å². The molecule has 1 aliphatic rings. The summed E-state index contributed by atoms with van der Waals surface area (Å²) in [6, 6.07) is 8.76. The van der Waals surface area contributed by atoms with E-state index in [0.717, 1.165) is 19.3 Å². The summed E-state index contributed by atoms with van der Waals surface area (Å²) in [5, 5.41) is 6.09. The molecule has 1 aromatic heterocycles. The maximum absolute atomic E-state index is 12.4. The van der Waals surface area contributed by atoms with Crippen molar-refractivity contribution in [2.75, 3.05) is 19.0 Å². The summed E-state index contributed by atoms with van der Waals surface area (Å²) in [4.78, 5) is 28.5. The molecule has 28 heavy (non-hydrogen) atoms. The van der Waals surface area contributed by atoms with Crippen LogP contribution in [0.25, 0.3) is 0 Å². The zero-order valence-corrected chi connectivity index (χ0v) is 16.0. The van der Waals surface area contributed by atoms with Gasteiger partial charge < -0.3 is 15.4 Å². The van der Waals surface area contributed by atoms with E-state index < -0.39 is 5.97 Å². The fraction of sp³-hybridized carbons (Fsp3) is 0.318. The Morgan fingerprint density at radius 3 is 2.82 bits per heavy atom. The smallest absolute Gasteiger partial charge is 0.339 e. The van der Waals surface area contributed by atoms with Crippen LogP contribution >= 0.6 is 0 Å². The molecule has 0 spiro atoms. The van der Waals surface area contributed by atoms with Crippen molar-refractivity contribution in [1.29, 1.82) is 0 Å². The second kappa shape index (κ2) is 9.69. The lowest BCUT2D eigenvalue weighted by Crippen LogP contribution is -2.25.